The van der Waals surface area contributed by atoms with Gasteiger partial charge in [0.2, 0.25) is 0 Å². The van der Waals surface area contributed by atoms with Gasteiger partial charge in [0.15, 0.2) is 0 Å². The molecule has 0 amide bonds. The molecule has 2 aromatic carbocycles. The van der Waals surface area contributed by atoms with Crippen LogP contribution in [0.15, 0.2) is 54.6 Å². The van der Waals surface area contributed by atoms with Gasteiger partial charge in [-0.25, -0.2) is 0 Å². The van der Waals surface area contributed by atoms with Crippen LogP contribution in [0.5, 0.6) is 0 Å². The minimum absolute atomic E-state index is 0. The molecule has 0 saturated carbocycles. The Kier molecular flexibility index (Phi) is 6.81. The molecule has 4 heteroatoms. The standard InChI is InChI=1S/C20H22N2O.ClH/c21-14-17-6-4-5-7-18(17)15-23-16-20(10-12-22-13-11-20)19-8-2-1-3-9-19;/h1-9,22H,10-13,15-16H2;1H. The summed E-state index contributed by atoms with van der Waals surface area (Å²) in [6.45, 7) is 3.23. The lowest BCUT2D eigenvalue weighted by atomic mass is 9.74. The summed E-state index contributed by atoms with van der Waals surface area (Å²) in [5.41, 5.74) is 3.10. The van der Waals surface area contributed by atoms with Crippen LogP contribution in [-0.4, -0.2) is 19.7 Å². The van der Waals surface area contributed by atoms with Crippen molar-refractivity contribution in [3.63, 3.8) is 0 Å². The molecule has 0 radical (unpaired) electrons. The first kappa shape index (κ1) is 18.5. The molecule has 126 valence electrons. The summed E-state index contributed by atoms with van der Waals surface area (Å²) in [6, 6.07) is 20.6. The van der Waals surface area contributed by atoms with Gasteiger partial charge in [0, 0.05) is 5.41 Å². The first-order valence-corrected chi connectivity index (χ1v) is 8.16. The number of hydrogen-bond acceptors (Lipinski definition) is 3. The van der Waals surface area contributed by atoms with E-state index in [0.717, 1.165) is 31.5 Å². The van der Waals surface area contributed by atoms with Crippen molar-refractivity contribution in [3.8, 4) is 6.07 Å². The lowest BCUT2D eigenvalue weighted by molar-refractivity contribution is 0.0564. The third-order valence-electron chi connectivity index (χ3n) is 4.72. The quantitative estimate of drug-likeness (QED) is 0.898. The summed E-state index contributed by atoms with van der Waals surface area (Å²) in [6.07, 6.45) is 2.16. The molecule has 2 aromatic rings. The zero-order valence-electron chi connectivity index (χ0n) is 13.7. The molecule has 0 spiro atoms. The largest absolute Gasteiger partial charge is 0.376 e. The zero-order valence-corrected chi connectivity index (χ0v) is 14.5. The second-order valence-corrected chi connectivity index (χ2v) is 6.16. The van der Waals surface area contributed by atoms with Gasteiger partial charge in [-0.3, -0.25) is 0 Å². The van der Waals surface area contributed by atoms with E-state index in [9.17, 15) is 5.26 Å². The van der Waals surface area contributed by atoms with E-state index < -0.39 is 0 Å². The third-order valence-corrected chi connectivity index (χ3v) is 4.72. The maximum absolute atomic E-state index is 9.18. The van der Waals surface area contributed by atoms with E-state index >= 15 is 0 Å². The van der Waals surface area contributed by atoms with Crippen LogP contribution in [0, 0.1) is 11.3 Å². The fraction of sp³-hybridized carbons (Fsp3) is 0.350. The highest BCUT2D eigenvalue weighted by Gasteiger charge is 2.34. The number of ether oxygens (including phenoxy) is 1. The Balaban J connectivity index is 0.00000208. The molecule has 0 aromatic heterocycles. The van der Waals surface area contributed by atoms with Crippen molar-refractivity contribution in [1.82, 2.24) is 5.32 Å². The number of halogens is 1. The first-order chi connectivity index (χ1) is 11.3. The molecule has 1 aliphatic rings. The summed E-state index contributed by atoms with van der Waals surface area (Å²) in [5, 5.41) is 12.6. The molecule has 1 aliphatic heterocycles. The third kappa shape index (κ3) is 4.15. The molecule has 0 unspecified atom stereocenters. The number of hydrogen-bond donors (Lipinski definition) is 1. The SMILES string of the molecule is Cl.N#Cc1ccccc1COCC1(c2ccccc2)CCNCC1. The fourth-order valence-electron chi connectivity index (χ4n) is 3.32. The molecule has 24 heavy (non-hydrogen) atoms. The number of rotatable bonds is 5. The first-order valence-electron chi connectivity index (χ1n) is 8.16. The number of benzene rings is 2. The zero-order chi connectivity index (χ0) is 16.0. The van der Waals surface area contributed by atoms with Gasteiger partial charge in [-0.05, 0) is 43.1 Å². The van der Waals surface area contributed by atoms with Gasteiger partial charge in [-0.2, -0.15) is 5.26 Å². The van der Waals surface area contributed by atoms with Gasteiger partial charge in [0.05, 0.1) is 24.8 Å². The molecule has 0 aliphatic carbocycles. The van der Waals surface area contributed by atoms with E-state index in [1.54, 1.807) is 0 Å². The maximum Gasteiger partial charge on any atom is 0.0995 e. The molecular weight excluding hydrogens is 320 g/mol. The van der Waals surface area contributed by atoms with Gasteiger partial charge < -0.3 is 10.1 Å². The fourth-order valence-corrected chi connectivity index (χ4v) is 3.32. The Hall–Kier alpha value is -1.86. The van der Waals surface area contributed by atoms with Crippen molar-refractivity contribution in [2.24, 2.45) is 0 Å². The summed E-state index contributed by atoms with van der Waals surface area (Å²) >= 11 is 0. The van der Waals surface area contributed by atoms with Gasteiger partial charge in [0.25, 0.3) is 0 Å². The minimum Gasteiger partial charge on any atom is -0.376 e. The van der Waals surface area contributed by atoms with Crippen molar-refractivity contribution >= 4 is 12.4 Å². The summed E-state index contributed by atoms with van der Waals surface area (Å²) < 4.78 is 6.08. The Morgan fingerprint density at radius 3 is 2.38 bits per heavy atom. The van der Waals surface area contributed by atoms with Gasteiger partial charge in [-0.15, -0.1) is 12.4 Å². The lowest BCUT2D eigenvalue weighted by Gasteiger charge is -2.38. The predicted octanol–water partition coefficient (Wildman–Crippen LogP) is 3.82. The second kappa shape index (κ2) is 8.84. The number of nitriles is 1. The highest BCUT2D eigenvalue weighted by molar-refractivity contribution is 5.85. The van der Waals surface area contributed by atoms with E-state index in [4.69, 9.17) is 4.74 Å². The minimum atomic E-state index is 0. The molecule has 1 saturated heterocycles. The van der Waals surface area contributed by atoms with E-state index in [-0.39, 0.29) is 17.8 Å². The normalized spacial score (nSPS) is 16.0. The van der Waals surface area contributed by atoms with E-state index in [0.29, 0.717) is 18.8 Å². The van der Waals surface area contributed by atoms with Crippen LogP contribution in [0.1, 0.15) is 29.5 Å². The van der Waals surface area contributed by atoms with Crippen molar-refractivity contribution in [3.05, 3.63) is 71.3 Å². The lowest BCUT2D eigenvalue weighted by Crippen LogP contribution is -2.43. The van der Waals surface area contributed by atoms with Crippen molar-refractivity contribution in [1.29, 1.82) is 5.26 Å². The van der Waals surface area contributed by atoms with Crippen LogP contribution >= 0.6 is 12.4 Å². The highest BCUT2D eigenvalue weighted by atomic mass is 35.5. The number of nitrogens with one attached hydrogen (secondary N) is 1. The summed E-state index contributed by atoms with van der Waals surface area (Å²) in [7, 11) is 0. The summed E-state index contributed by atoms with van der Waals surface area (Å²) in [5.74, 6) is 0. The smallest absolute Gasteiger partial charge is 0.0995 e. The van der Waals surface area contributed by atoms with Crippen LogP contribution < -0.4 is 5.32 Å². The van der Waals surface area contributed by atoms with Crippen molar-refractivity contribution in [2.75, 3.05) is 19.7 Å². The Bertz CT molecular complexity index is 676. The van der Waals surface area contributed by atoms with E-state index in [1.165, 1.54) is 5.56 Å². The average molecular weight is 343 g/mol. The second-order valence-electron chi connectivity index (χ2n) is 6.16. The molecule has 3 rings (SSSR count). The molecule has 3 nitrogen and oxygen atoms in total. The molecule has 0 atom stereocenters. The van der Waals surface area contributed by atoms with Gasteiger partial charge in [0.1, 0.15) is 0 Å². The van der Waals surface area contributed by atoms with E-state index in [1.807, 2.05) is 24.3 Å². The van der Waals surface area contributed by atoms with Crippen LogP contribution in [0.2, 0.25) is 0 Å². The average Bonchev–Trinajstić information content (AvgIpc) is 2.64. The molecule has 1 N–H and O–H groups in total. The molecule has 0 bridgehead atoms. The number of piperidine rings is 1. The molecule has 1 fully saturated rings. The van der Waals surface area contributed by atoms with Gasteiger partial charge >= 0.3 is 0 Å². The predicted molar refractivity (Wildman–Crippen MR) is 98.3 cm³/mol. The highest BCUT2D eigenvalue weighted by Crippen LogP contribution is 2.34. The van der Waals surface area contributed by atoms with Gasteiger partial charge in [-0.1, -0.05) is 48.5 Å². The van der Waals surface area contributed by atoms with Crippen LogP contribution in [0.4, 0.5) is 0 Å². The summed E-state index contributed by atoms with van der Waals surface area (Å²) in [4.78, 5) is 0. The van der Waals surface area contributed by atoms with Crippen molar-refractivity contribution < 1.29 is 4.74 Å². The maximum atomic E-state index is 9.18. The Morgan fingerprint density at radius 2 is 1.67 bits per heavy atom. The molecule has 1 heterocycles. The topological polar surface area (TPSA) is 45.0 Å². The van der Waals surface area contributed by atoms with E-state index in [2.05, 4.69) is 41.7 Å². The van der Waals surface area contributed by atoms with Crippen LogP contribution in [0.25, 0.3) is 0 Å². The van der Waals surface area contributed by atoms with Crippen LogP contribution in [-0.2, 0) is 16.8 Å². The Labute approximate surface area is 150 Å². The Morgan fingerprint density at radius 1 is 1.00 bits per heavy atom. The van der Waals surface area contributed by atoms with Crippen molar-refractivity contribution in [2.45, 2.75) is 24.9 Å². The molecular formula is C20H23ClN2O. The number of nitrogens with zero attached hydrogens (tertiary/aromatic N) is 1. The van der Waals surface area contributed by atoms with Crippen LogP contribution in [0.3, 0.4) is 0 Å². The monoisotopic (exact) mass is 342 g/mol.